The van der Waals surface area contributed by atoms with Crippen molar-refractivity contribution in [3.63, 3.8) is 0 Å². The number of nitrogens with one attached hydrogen (secondary N) is 1. The molecule has 96 valence electrons. The van der Waals surface area contributed by atoms with Crippen LogP contribution in [0.5, 0.6) is 0 Å². The molecular formula is C11H14N4O2S. The first-order valence-corrected chi connectivity index (χ1v) is 6.31. The smallest absolute Gasteiger partial charge is 0.355 e. The maximum atomic E-state index is 10.9. The molecular weight excluding hydrogens is 252 g/mol. The third-order valence-corrected chi connectivity index (χ3v) is 3.27. The normalized spacial score (nSPS) is 10.9. The molecule has 0 aliphatic heterocycles. The topological polar surface area (TPSA) is 80.0 Å². The van der Waals surface area contributed by atoms with E-state index in [1.54, 1.807) is 13.1 Å². The second-order valence-electron chi connectivity index (χ2n) is 4.16. The Kier molecular flexibility index (Phi) is 3.33. The van der Waals surface area contributed by atoms with Gasteiger partial charge in [-0.1, -0.05) is 0 Å². The van der Waals surface area contributed by atoms with Crippen LogP contribution in [0.15, 0.2) is 12.4 Å². The quantitative estimate of drug-likeness (QED) is 0.889. The maximum Gasteiger partial charge on any atom is 0.355 e. The Morgan fingerprint density at radius 2 is 2.28 bits per heavy atom. The molecule has 2 aromatic rings. The fraction of sp³-hybridized carbons (Fsp3) is 0.364. The molecule has 0 saturated heterocycles. The molecule has 2 heterocycles. The van der Waals surface area contributed by atoms with E-state index < -0.39 is 5.97 Å². The minimum Gasteiger partial charge on any atom is -0.476 e. The third kappa shape index (κ3) is 2.51. The molecule has 0 aliphatic carbocycles. The van der Waals surface area contributed by atoms with Crippen LogP contribution in [0.4, 0.5) is 10.8 Å². The molecule has 2 aromatic heterocycles. The molecule has 0 radical (unpaired) electrons. The van der Waals surface area contributed by atoms with Crippen LogP contribution < -0.4 is 5.32 Å². The van der Waals surface area contributed by atoms with Gasteiger partial charge in [-0.05, 0) is 20.8 Å². The van der Waals surface area contributed by atoms with E-state index in [4.69, 9.17) is 5.11 Å². The van der Waals surface area contributed by atoms with E-state index >= 15 is 0 Å². The zero-order valence-electron chi connectivity index (χ0n) is 10.3. The van der Waals surface area contributed by atoms with Crippen LogP contribution in [-0.4, -0.2) is 25.8 Å². The van der Waals surface area contributed by atoms with Gasteiger partial charge in [-0.2, -0.15) is 5.10 Å². The van der Waals surface area contributed by atoms with Crippen molar-refractivity contribution >= 4 is 28.1 Å². The molecule has 0 atom stereocenters. The molecule has 2 N–H and O–H groups in total. The second-order valence-corrected chi connectivity index (χ2v) is 5.36. The number of carboxylic acid groups (broad SMARTS) is 1. The number of carboxylic acids is 1. The highest BCUT2D eigenvalue weighted by Crippen LogP contribution is 2.25. The van der Waals surface area contributed by atoms with E-state index in [0.717, 1.165) is 5.69 Å². The van der Waals surface area contributed by atoms with E-state index in [1.165, 1.54) is 11.3 Å². The van der Waals surface area contributed by atoms with E-state index in [2.05, 4.69) is 15.4 Å². The van der Waals surface area contributed by atoms with E-state index in [-0.39, 0.29) is 11.7 Å². The highest BCUT2D eigenvalue weighted by molar-refractivity contribution is 7.15. The molecule has 0 saturated carbocycles. The summed E-state index contributed by atoms with van der Waals surface area (Å²) in [6.07, 6.45) is 3.55. The van der Waals surface area contributed by atoms with Gasteiger partial charge in [0.1, 0.15) is 0 Å². The van der Waals surface area contributed by atoms with E-state index in [9.17, 15) is 4.79 Å². The largest absolute Gasteiger partial charge is 0.476 e. The number of aryl methyl sites for hydroxylation is 1. The van der Waals surface area contributed by atoms with Gasteiger partial charge in [0.2, 0.25) is 0 Å². The van der Waals surface area contributed by atoms with Crippen LogP contribution in [0.3, 0.4) is 0 Å². The van der Waals surface area contributed by atoms with Gasteiger partial charge in [0.05, 0.1) is 11.9 Å². The van der Waals surface area contributed by atoms with Gasteiger partial charge in [-0.25, -0.2) is 9.78 Å². The summed E-state index contributed by atoms with van der Waals surface area (Å²) in [5.41, 5.74) is 0.896. The van der Waals surface area contributed by atoms with Crippen molar-refractivity contribution < 1.29 is 9.90 Å². The van der Waals surface area contributed by atoms with Crippen molar-refractivity contribution in [2.24, 2.45) is 0 Å². The molecule has 6 nitrogen and oxygen atoms in total. The minimum atomic E-state index is -1.00. The van der Waals surface area contributed by atoms with Crippen molar-refractivity contribution in [3.8, 4) is 0 Å². The second kappa shape index (κ2) is 4.77. The van der Waals surface area contributed by atoms with Gasteiger partial charge in [0, 0.05) is 17.1 Å². The molecule has 0 amide bonds. The Bertz CT molecular complexity index is 573. The fourth-order valence-corrected chi connectivity index (χ4v) is 2.28. The van der Waals surface area contributed by atoms with Crippen LogP contribution in [-0.2, 0) is 0 Å². The number of carbonyl (C=O) groups is 1. The van der Waals surface area contributed by atoms with Crippen LogP contribution in [0.25, 0.3) is 0 Å². The summed E-state index contributed by atoms with van der Waals surface area (Å²) in [4.78, 5) is 15.6. The molecule has 0 aliphatic rings. The molecule has 18 heavy (non-hydrogen) atoms. The lowest BCUT2D eigenvalue weighted by molar-refractivity contribution is 0.0690. The monoisotopic (exact) mass is 266 g/mol. The predicted molar refractivity (Wildman–Crippen MR) is 69.7 cm³/mol. The first-order valence-electron chi connectivity index (χ1n) is 5.49. The van der Waals surface area contributed by atoms with Crippen molar-refractivity contribution in [2.45, 2.75) is 26.8 Å². The number of aromatic carboxylic acids is 1. The molecule has 0 unspecified atom stereocenters. The van der Waals surface area contributed by atoms with Gasteiger partial charge in [0.15, 0.2) is 10.8 Å². The molecule has 2 rings (SSSR count). The Morgan fingerprint density at radius 3 is 2.78 bits per heavy atom. The molecule has 0 spiro atoms. The number of rotatable bonds is 4. The van der Waals surface area contributed by atoms with Crippen molar-refractivity contribution in [2.75, 3.05) is 5.32 Å². The Hall–Kier alpha value is -1.89. The summed E-state index contributed by atoms with van der Waals surface area (Å²) in [5.74, 6) is -1.00. The Labute approximate surface area is 108 Å². The van der Waals surface area contributed by atoms with Gasteiger partial charge in [-0.3, -0.25) is 4.68 Å². The van der Waals surface area contributed by atoms with Crippen molar-refractivity contribution in [1.82, 2.24) is 14.8 Å². The summed E-state index contributed by atoms with van der Waals surface area (Å²) in [5, 5.41) is 16.7. The first-order chi connectivity index (χ1) is 8.47. The summed E-state index contributed by atoms with van der Waals surface area (Å²) in [6, 6.07) is 0.285. The third-order valence-electron chi connectivity index (χ3n) is 2.38. The predicted octanol–water partition coefficient (Wildman–Crippen LogP) is 2.67. The Morgan fingerprint density at radius 1 is 1.56 bits per heavy atom. The fourth-order valence-electron chi connectivity index (χ4n) is 1.46. The van der Waals surface area contributed by atoms with Gasteiger partial charge in [0.25, 0.3) is 0 Å². The maximum absolute atomic E-state index is 10.9. The van der Waals surface area contributed by atoms with Crippen LogP contribution in [0, 0.1) is 6.92 Å². The molecule has 0 fully saturated rings. The number of nitrogens with zero attached hydrogens (tertiary/aromatic N) is 3. The van der Waals surface area contributed by atoms with E-state index in [1.807, 2.05) is 24.7 Å². The van der Waals surface area contributed by atoms with Gasteiger partial charge in [-0.15, -0.1) is 11.3 Å². The van der Waals surface area contributed by atoms with Crippen LogP contribution >= 0.6 is 11.3 Å². The molecule has 0 aromatic carbocycles. The average molecular weight is 266 g/mol. The zero-order chi connectivity index (χ0) is 13.3. The first kappa shape index (κ1) is 12.6. The van der Waals surface area contributed by atoms with Crippen molar-refractivity contribution in [1.29, 1.82) is 0 Å². The number of hydrogen-bond acceptors (Lipinski definition) is 5. The number of hydrogen-bond donors (Lipinski definition) is 2. The van der Waals surface area contributed by atoms with Crippen LogP contribution in [0.1, 0.15) is 35.3 Å². The summed E-state index contributed by atoms with van der Waals surface area (Å²) in [7, 11) is 0. The number of aromatic nitrogens is 3. The standard InChI is InChI=1S/C11H14N4O2S/c1-6(2)15-5-8(4-12-15)13-11-14-9(10(16)17)7(3)18-11/h4-6H,1-3H3,(H,13,14)(H,16,17). The summed E-state index contributed by atoms with van der Waals surface area (Å²) in [6.45, 7) is 5.81. The lowest BCUT2D eigenvalue weighted by atomic mass is 10.4. The molecule has 7 heteroatoms. The molecule has 0 bridgehead atoms. The highest BCUT2D eigenvalue weighted by Gasteiger charge is 2.14. The summed E-state index contributed by atoms with van der Waals surface area (Å²) >= 11 is 1.32. The Balaban J connectivity index is 2.18. The number of thiazole rings is 1. The SMILES string of the molecule is Cc1sc(Nc2cnn(C(C)C)c2)nc1C(=O)O. The van der Waals surface area contributed by atoms with Crippen LogP contribution in [0.2, 0.25) is 0 Å². The lowest BCUT2D eigenvalue weighted by Gasteiger charge is -2.03. The zero-order valence-corrected chi connectivity index (χ0v) is 11.2. The van der Waals surface area contributed by atoms with Crippen molar-refractivity contribution in [3.05, 3.63) is 23.0 Å². The van der Waals surface area contributed by atoms with Gasteiger partial charge >= 0.3 is 5.97 Å². The number of anilines is 2. The van der Waals surface area contributed by atoms with E-state index in [0.29, 0.717) is 10.0 Å². The lowest BCUT2D eigenvalue weighted by Crippen LogP contribution is -2.00. The average Bonchev–Trinajstić information content (AvgIpc) is 2.86. The summed E-state index contributed by atoms with van der Waals surface area (Å²) < 4.78 is 1.82. The highest BCUT2D eigenvalue weighted by atomic mass is 32.1. The van der Waals surface area contributed by atoms with Gasteiger partial charge < -0.3 is 10.4 Å². The minimum absolute atomic E-state index is 0.0961.